The summed E-state index contributed by atoms with van der Waals surface area (Å²) in [5, 5.41) is 0. The fraction of sp³-hybridized carbons (Fsp3) is 0.812. The van der Waals surface area contributed by atoms with Crippen LogP contribution in [0.25, 0.3) is 0 Å². The van der Waals surface area contributed by atoms with Crippen LogP contribution in [-0.2, 0) is 9.53 Å². The quantitative estimate of drug-likeness (QED) is 0.738. The highest BCUT2D eigenvalue weighted by atomic mass is 32.2. The van der Waals surface area contributed by atoms with Gasteiger partial charge in [0, 0.05) is 6.42 Å². The normalized spacial score (nSPS) is 28.7. The molecule has 1 saturated heterocycles. The van der Waals surface area contributed by atoms with Crippen LogP contribution in [0.3, 0.4) is 0 Å². The highest BCUT2D eigenvalue weighted by Crippen LogP contribution is 2.53. The molecule has 0 amide bonds. The predicted molar refractivity (Wildman–Crippen MR) is 90.6 cm³/mol. The molecule has 21 heavy (non-hydrogen) atoms. The number of allylic oxidation sites excluding steroid dienone is 1. The van der Waals surface area contributed by atoms with Crippen molar-refractivity contribution in [3.05, 3.63) is 11.3 Å². The Balaban J connectivity index is 2.05. The van der Waals surface area contributed by atoms with E-state index >= 15 is 0 Å². The Kier molecular flexibility index (Phi) is 4.91. The molecular weight excluding hydrogens is 302 g/mol. The van der Waals surface area contributed by atoms with Crippen LogP contribution < -0.4 is 0 Å². The average Bonchev–Trinajstić information content (AvgIpc) is 2.53. The highest BCUT2D eigenvalue weighted by Gasteiger charge is 2.56. The molecule has 3 rings (SSSR count). The second-order valence-electron chi connectivity index (χ2n) is 5.89. The van der Waals surface area contributed by atoms with E-state index in [2.05, 4.69) is 18.7 Å². The van der Waals surface area contributed by atoms with Crippen LogP contribution in [0.4, 0.5) is 0 Å². The van der Waals surface area contributed by atoms with Crippen molar-refractivity contribution in [2.75, 3.05) is 24.6 Å². The maximum Gasteiger partial charge on any atom is 0.339 e. The van der Waals surface area contributed by atoms with Crippen molar-refractivity contribution in [3.63, 3.8) is 0 Å². The van der Waals surface area contributed by atoms with Crippen molar-refractivity contribution in [1.29, 1.82) is 0 Å². The molecule has 0 radical (unpaired) electrons. The van der Waals surface area contributed by atoms with Gasteiger partial charge in [0.15, 0.2) is 4.08 Å². The molecule has 1 unspecified atom stereocenters. The van der Waals surface area contributed by atoms with Crippen molar-refractivity contribution in [2.45, 2.75) is 56.1 Å². The predicted octanol–water partition coefficient (Wildman–Crippen LogP) is 3.65. The Labute approximate surface area is 136 Å². The molecule has 0 bridgehead atoms. The molecule has 0 saturated carbocycles. The number of ether oxygens (including phenoxy) is 1. The SMILES string of the molecule is CCN(CC)C1C2=C(CCCC2)OC(=O)C12SCCCS2. The molecule has 3 aliphatic rings. The number of nitrogens with zero attached hydrogens (tertiary/aromatic N) is 1. The molecule has 0 aromatic rings. The number of rotatable bonds is 3. The molecule has 0 aromatic heterocycles. The number of carbonyl (C=O) groups excluding carboxylic acids is 1. The Hall–Kier alpha value is -0.130. The summed E-state index contributed by atoms with van der Waals surface area (Å²) in [6.07, 6.45) is 5.64. The van der Waals surface area contributed by atoms with Gasteiger partial charge in [-0.05, 0) is 55.9 Å². The topological polar surface area (TPSA) is 29.5 Å². The first-order valence-corrected chi connectivity index (χ1v) is 10.2. The number of esters is 1. The second-order valence-corrected chi connectivity index (χ2v) is 8.83. The summed E-state index contributed by atoms with van der Waals surface area (Å²) in [5.41, 5.74) is 1.42. The molecule has 0 N–H and O–H groups in total. The smallest absolute Gasteiger partial charge is 0.339 e. The third-order valence-corrected chi connectivity index (χ3v) is 8.08. The fourth-order valence-corrected chi connectivity index (χ4v) is 7.12. The zero-order valence-electron chi connectivity index (χ0n) is 13.0. The molecule has 118 valence electrons. The van der Waals surface area contributed by atoms with Crippen molar-refractivity contribution in [1.82, 2.24) is 4.90 Å². The van der Waals surface area contributed by atoms with E-state index < -0.39 is 4.08 Å². The Morgan fingerprint density at radius 1 is 1.14 bits per heavy atom. The summed E-state index contributed by atoms with van der Waals surface area (Å²) in [5.74, 6) is 3.15. The van der Waals surface area contributed by atoms with Crippen LogP contribution >= 0.6 is 23.5 Å². The monoisotopic (exact) mass is 327 g/mol. The Bertz CT molecular complexity index is 440. The fourth-order valence-electron chi connectivity index (χ4n) is 3.70. The van der Waals surface area contributed by atoms with Gasteiger partial charge in [-0.15, -0.1) is 23.5 Å². The van der Waals surface area contributed by atoms with Gasteiger partial charge >= 0.3 is 5.97 Å². The lowest BCUT2D eigenvalue weighted by atomic mass is 9.87. The first kappa shape index (κ1) is 15.8. The van der Waals surface area contributed by atoms with Crippen LogP contribution in [0.2, 0.25) is 0 Å². The van der Waals surface area contributed by atoms with Crippen LogP contribution in [-0.4, -0.2) is 45.6 Å². The Morgan fingerprint density at radius 2 is 1.81 bits per heavy atom. The zero-order chi connectivity index (χ0) is 14.9. The van der Waals surface area contributed by atoms with Crippen molar-refractivity contribution < 1.29 is 9.53 Å². The van der Waals surface area contributed by atoms with E-state index in [1.165, 1.54) is 18.4 Å². The summed E-state index contributed by atoms with van der Waals surface area (Å²) in [4.78, 5) is 15.3. The summed E-state index contributed by atoms with van der Waals surface area (Å²) in [6, 6.07) is 0.236. The Morgan fingerprint density at radius 3 is 2.48 bits per heavy atom. The first-order chi connectivity index (χ1) is 10.2. The third kappa shape index (κ3) is 2.66. The molecule has 2 heterocycles. The van der Waals surface area contributed by atoms with E-state index in [0.717, 1.165) is 49.6 Å². The first-order valence-electron chi connectivity index (χ1n) is 8.19. The van der Waals surface area contributed by atoms with Gasteiger partial charge in [0.1, 0.15) is 5.76 Å². The largest absolute Gasteiger partial charge is 0.429 e. The molecule has 0 aromatic carbocycles. The molecule has 1 spiro atoms. The number of thioether (sulfide) groups is 2. The number of carbonyl (C=O) groups is 1. The van der Waals surface area contributed by atoms with E-state index in [1.807, 2.05) is 23.5 Å². The number of hydrogen-bond acceptors (Lipinski definition) is 5. The molecule has 3 nitrogen and oxygen atoms in total. The van der Waals surface area contributed by atoms with Gasteiger partial charge in [-0.1, -0.05) is 13.8 Å². The van der Waals surface area contributed by atoms with E-state index in [4.69, 9.17) is 4.74 Å². The van der Waals surface area contributed by atoms with Gasteiger partial charge < -0.3 is 4.74 Å². The van der Waals surface area contributed by atoms with Crippen LogP contribution in [0.5, 0.6) is 0 Å². The minimum Gasteiger partial charge on any atom is -0.429 e. The van der Waals surface area contributed by atoms with Gasteiger partial charge in [-0.2, -0.15) is 0 Å². The van der Waals surface area contributed by atoms with E-state index in [-0.39, 0.29) is 12.0 Å². The maximum atomic E-state index is 12.8. The minimum absolute atomic E-state index is 0.00903. The minimum atomic E-state index is -0.416. The lowest BCUT2D eigenvalue weighted by Gasteiger charge is -2.49. The van der Waals surface area contributed by atoms with Crippen LogP contribution in [0.15, 0.2) is 11.3 Å². The summed E-state index contributed by atoms with van der Waals surface area (Å²) in [6.45, 7) is 6.40. The average molecular weight is 328 g/mol. The van der Waals surface area contributed by atoms with Crippen molar-refractivity contribution in [3.8, 4) is 0 Å². The van der Waals surface area contributed by atoms with Crippen LogP contribution in [0.1, 0.15) is 46.0 Å². The molecule has 1 fully saturated rings. The summed E-state index contributed by atoms with van der Waals surface area (Å²) >= 11 is 3.66. The molecule has 5 heteroatoms. The standard InChI is InChI=1S/C16H25NO2S2/c1-3-17(4-2)14-12-8-5-6-9-13(12)19-15(18)16(14)20-10-7-11-21-16/h14H,3-11H2,1-2H3. The molecular formula is C16H25NO2S2. The van der Waals surface area contributed by atoms with Gasteiger partial charge in [-0.3, -0.25) is 4.90 Å². The lowest BCUT2D eigenvalue weighted by Crippen LogP contribution is -2.58. The summed E-state index contributed by atoms with van der Waals surface area (Å²) < 4.78 is 5.41. The van der Waals surface area contributed by atoms with Crippen molar-refractivity contribution in [2.24, 2.45) is 0 Å². The maximum absolute atomic E-state index is 12.8. The lowest BCUT2D eigenvalue weighted by molar-refractivity contribution is -0.143. The van der Waals surface area contributed by atoms with Gasteiger partial charge in [0.05, 0.1) is 6.04 Å². The summed E-state index contributed by atoms with van der Waals surface area (Å²) in [7, 11) is 0. The van der Waals surface area contributed by atoms with Crippen LogP contribution in [0, 0.1) is 0 Å². The van der Waals surface area contributed by atoms with Gasteiger partial charge in [-0.25, -0.2) is 4.79 Å². The van der Waals surface area contributed by atoms with Gasteiger partial charge in [0.2, 0.25) is 0 Å². The van der Waals surface area contributed by atoms with E-state index in [1.54, 1.807) is 0 Å². The van der Waals surface area contributed by atoms with E-state index in [9.17, 15) is 4.79 Å². The second kappa shape index (κ2) is 6.55. The zero-order valence-corrected chi connectivity index (χ0v) is 14.7. The highest BCUT2D eigenvalue weighted by molar-refractivity contribution is 8.20. The molecule has 1 aliphatic carbocycles. The number of hydrogen-bond donors (Lipinski definition) is 0. The molecule has 1 atom stereocenters. The number of likely N-dealkylation sites (N-methyl/N-ethyl adjacent to an activating group) is 1. The molecule has 2 aliphatic heterocycles. The third-order valence-electron chi connectivity index (χ3n) is 4.75. The van der Waals surface area contributed by atoms with Gasteiger partial charge in [0.25, 0.3) is 0 Å². The van der Waals surface area contributed by atoms with E-state index in [0.29, 0.717) is 0 Å². The van der Waals surface area contributed by atoms with Crippen molar-refractivity contribution >= 4 is 29.5 Å².